The summed E-state index contributed by atoms with van der Waals surface area (Å²) in [6, 6.07) is 0.394. The number of likely N-dealkylation sites (tertiary alicyclic amines) is 1. The van der Waals surface area contributed by atoms with E-state index in [1.165, 1.54) is 0 Å². The predicted octanol–water partition coefficient (Wildman–Crippen LogP) is 1.19. The van der Waals surface area contributed by atoms with Gasteiger partial charge in [0, 0.05) is 25.3 Å². The molecule has 0 bridgehead atoms. The highest BCUT2D eigenvalue weighted by molar-refractivity contribution is 5.94. The van der Waals surface area contributed by atoms with Crippen molar-refractivity contribution in [1.82, 2.24) is 15.2 Å². The predicted molar refractivity (Wildman–Crippen MR) is 74.8 cm³/mol. The van der Waals surface area contributed by atoms with Crippen molar-refractivity contribution in [3.8, 4) is 0 Å². The molecule has 1 saturated heterocycles. The molecule has 1 aliphatic rings. The Morgan fingerprint density at radius 2 is 1.92 bits per heavy atom. The molecule has 10 heteroatoms. The van der Waals surface area contributed by atoms with Crippen LogP contribution in [0.25, 0.3) is 0 Å². The maximum Gasteiger partial charge on any atom is 0.397 e. The van der Waals surface area contributed by atoms with Gasteiger partial charge in [-0.1, -0.05) is 0 Å². The highest BCUT2D eigenvalue weighted by Gasteiger charge is 2.34. The van der Waals surface area contributed by atoms with E-state index in [1.807, 2.05) is 0 Å². The van der Waals surface area contributed by atoms with E-state index < -0.39 is 41.8 Å². The van der Waals surface area contributed by atoms with Crippen molar-refractivity contribution in [3.05, 3.63) is 34.0 Å². The van der Waals surface area contributed by atoms with E-state index in [4.69, 9.17) is 0 Å². The van der Waals surface area contributed by atoms with Crippen molar-refractivity contribution in [2.75, 3.05) is 13.1 Å². The summed E-state index contributed by atoms with van der Waals surface area (Å²) >= 11 is 0. The maximum absolute atomic E-state index is 13.1. The lowest BCUT2D eigenvalue weighted by molar-refractivity contribution is -0.162. The molecule has 2 heterocycles. The normalized spacial score (nSPS) is 16.1. The van der Waals surface area contributed by atoms with Gasteiger partial charge in [0.1, 0.15) is 17.8 Å². The monoisotopic (exact) mass is 349 g/mol. The minimum absolute atomic E-state index is 0.0688. The first-order valence-corrected chi connectivity index (χ1v) is 7.19. The average Bonchev–Trinajstić information content (AvgIpc) is 2.48. The molecule has 0 radical (unpaired) electrons. The average molecular weight is 349 g/mol. The molecule has 0 spiro atoms. The number of aromatic amines is 1. The number of piperidine rings is 1. The van der Waals surface area contributed by atoms with Crippen LogP contribution in [0.1, 0.15) is 29.6 Å². The number of carbonyl (C=O) groups is 2. The van der Waals surface area contributed by atoms with E-state index in [0.717, 1.165) is 17.2 Å². The van der Waals surface area contributed by atoms with Gasteiger partial charge in [0.15, 0.2) is 0 Å². The zero-order valence-corrected chi connectivity index (χ0v) is 12.5. The lowest BCUT2D eigenvalue weighted by atomic mass is 10.0. The van der Waals surface area contributed by atoms with Crippen LogP contribution in [0.4, 0.5) is 17.6 Å². The molecular weight excluding hydrogens is 334 g/mol. The molecule has 132 valence electrons. The largest absolute Gasteiger partial charge is 0.397 e. The van der Waals surface area contributed by atoms with Gasteiger partial charge in [0.25, 0.3) is 11.5 Å². The zero-order chi connectivity index (χ0) is 17.9. The van der Waals surface area contributed by atoms with E-state index in [0.29, 0.717) is 0 Å². The van der Waals surface area contributed by atoms with Gasteiger partial charge in [-0.2, -0.15) is 13.2 Å². The van der Waals surface area contributed by atoms with E-state index >= 15 is 0 Å². The molecule has 0 atom stereocenters. The van der Waals surface area contributed by atoms with Crippen LogP contribution in [0.5, 0.6) is 0 Å². The second-order valence-corrected chi connectivity index (χ2v) is 5.48. The number of aromatic nitrogens is 1. The summed E-state index contributed by atoms with van der Waals surface area (Å²) in [7, 11) is 0. The molecule has 2 amide bonds. The van der Waals surface area contributed by atoms with Crippen molar-refractivity contribution in [3.63, 3.8) is 0 Å². The molecule has 1 aromatic heterocycles. The molecule has 0 unspecified atom stereocenters. The number of nitrogens with zero attached hydrogens (tertiary/aromatic N) is 1. The molecule has 1 aromatic rings. The standard InChI is InChI=1S/C14H15F4N3O3/c15-8-5-10(12(23)19-7-8)13(24)20-9-1-3-21(4-2-9)11(22)6-14(16,17)18/h5,7,9H,1-4,6H2,(H,19,23)(H,20,24). The number of halogens is 4. The molecular formula is C14H15F4N3O3. The molecule has 0 saturated carbocycles. The Hall–Kier alpha value is -2.39. The van der Waals surface area contributed by atoms with Gasteiger partial charge < -0.3 is 15.2 Å². The number of carbonyl (C=O) groups excluding carboxylic acids is 2. The summed E-state index contributed by atoms with van der Waals surface area (Å²) in [5.74, 6) is -2.54. The first kappa shape index (κ1) is 18.0. The summed E-state index contributed by atoms with van der Waals surface area (Å²) in [5.41, 5.74) is -1.13. The molecule has 0 aromatic carbocycles. The smallest absolute Gasteiger partial charge is 0.349 e. The first-order chi connectivity index (χ1) is 11.2. The molecule has 0 aliphatic carbocycles. The summed E-state index contributed by atoms with van der Waals surface area (Å²) < 4.78 is 49.7. The van der Waals surface area contributed by atoms with Crippen molar-refractivity contribution >= 4 is 11.8 Å². The topological polar surface area (TPSA) is 82.3 Å². The minimum atomic E-state index is -4.56. The van der Waals surface area contributed by atoms with Gasteiger partial charge in [-0.05, 0) is 18.9 Å². The summed E-state index contributed by atoms with van der Waals surface area (Å²) in [6.45, 7) is 0.138. The number of H-pyrrole nitrogens is 1. The molecule has 6 nitrogen and oxygen atoms in total. The van der Waals surface area contributed by atoms with Crippen LogP contribution < -0.4 is 10.9 Å². The van der Waals surface area contributed by atoms with E-state index in [-0.39, 0.29) is 31.5 Å². The Balaban J connectivity index is 1.89. The fourth-order valence-electron chi connectivity index (χ4n) is 2.45. The van der Waals surface area contributed by atoms with Crippen molar-refractivity contribution in [2.45, 2.75) is 31.5 Å². The number of alkyl halides is 3. The Labute approximate surface area is 133 Å². The summed E-state index contributed by atoms with van der Waals surface area (Å²) in [5, 5.41) is 2.53. The molecule has 1 aliphatic heterocycles. The van der Waals surface area contributed by atoms with Gasteiger partial charge >= 0.3 is 6.18 Å². The van der Waals surface area contributed by atoms with Gasteiger partial charge in [-0.3, -0.25) is 14.4 Å². The zero-order valence-electron chi connectivity index (χ0n) is 12.5. The first-order valence-electron chi connectivity index (χ1n) is 7.19. The van der Waals surface area contributed by atoms with Crippen LogP contribution in [-0.4, -0.2) is 47.0 Å². The Bertz CT molecular complexity index is 679. The highest BCUT2D eigenvalue weighted by Crippen LogP contribution is 2.22. The lowest BCUT2D eigenvalue weighted by Crippen LogP contribution is -2.47. The third kappa shape index (κ3) is 4.80. The van der Waals surface area contributed by atoms with Crippen molar-refractivity contribution < 1.29 is 27.2 Å². The maximum atomic E-state index is 13.1. The number of pyridine rings is 1. The summed E-state index contributed by atoms with van der Waals surface area (Å²) in [6.07, 6.45) is -4.74. The third-order valence-electron chi connectivity index (χ3n) is 3.65. The SMILES string of the molecule is O=C(NC1CCN(C(=O)CC(F)(F)F)CC1)c1cc(F)c[nH]c1=O. The second-order valence-electron chi connectivity index (χ2n) is 5.48. The van der Waals surface area contributed by atoms with E-state index in [1.54, 1.807) is 0 Å². The van der Waals surface area contributed by atoms with Gasteiger partial charge in [-0.15, -0.1) is 0 Å². The Kier molecular flexibility index (Phi) is 5.25. The third-order valence-corrected chi connectivity index (χ3v) is 3.65. The van der Waals surface area contributed by atoms with Crippen LogP contribution in [0.15, 0.2) is 17.1 Å². The number of amides is 2. The quantitative estimate of drug-likeness (QED) is 0.804. The Morgan fingerprint density at radius 1 is 1.29 bits per heavy atom. The van der Waals surface area contributed by atoms with Gasteiger partial charge in [0.05, 0.1) is 0 Å². The molecule has 24 heavy (non-hydrogen) atoms. The van der Waals surface area contributed by atoms with Gasteiger partial charge in [-0.25, -0.2) is 4.39 Å². The van der Waals surface area contributed by atoms with Gasteiger partial charge in [0.2, 0.25) is 5.91 Å². The second kappa shape index (κ2) is 7.02. The summed E-state index contributed by atoms with van der Waals surface area (Å²) in [4.78, 5) is 38.1. The highest BCUT2D eigenvalue weighted by atomic mass is 19.4. The van der Waals surface area contributed by atoms with Crippen LogP contribution in [0.2, 0.25) is 0 Å². The Morgan fingerprint density at radius 3 is 2.50 bits per heavy atom. The fraction of sp³-hybridized carbons (Fsp3) is 0.500. The number of hydrogen-bond donors (Lipinski definition) is 2. The van der Waals surface area contributed by atoms with Crippen LogP contribution in [-0.2, 0) is 4.79 Å². The van der Waals surface area contributed by atoms with Crippen molar-refractivity contribution in [2.24, 2.45) is 0 Å². The number of nitrogens with one attached hydrogen (secondary N) is 2. The molecule has 2 N–H and O–H groups in total. The van der Waals surface area contributed by atoms with Crippen LogP contribution in [0, 0.1) is 5.82 Å². The lowest BCUT2D eigenvalue weighted by Gasteiger charge is -2.32. The van der Waals surface area contributed by atoms with E-state index in [9.17, 15) is 31.9 Å². The van der Waals surface area contributed by atoms with Crippen LogP contribution in [0.3, 0.4) is 0 Å². The molecule has 2 rings (SSSR count). The van der Waals surface area contributed by atoms with Crippen molar-refractivity contribution in [1.29, 1.82) is 0 Å². The minimum Gasteiger partial charge on any atom is -0.349 e. The number of rotatable bonds is 3. The molecule has 1 fully saturated rings. The number of hydrogen-bond acceptors (Lipinski definition) is 3. The fourth-order valence-corrected chi connectivity index (χ4v) is 2.45. The van der Waals surface area contributed by atoms with E-state index in [2.05, 4.69) is 10.3 Å². The van der Waals surface area contributed by atoms with Crippen LogP contribution >= 0.6 is 0 Å².